The van der Waals surface area contributed by atoms with Crippen LogP contribution in [0.25, 0.3) is 16.9 Å². The highest BCUT2D eigenvalue weighted by Gasteiger charge is 2.55. The highest BCUT2D eigenvalue weighted by molar-refractivity contribution is 6.28. The number of aliphatic hydroxyl groups excluding tert-OH is 2. The quantitative estimate of drug-likeness (QED) is 0.168. The number of benzene rings is 2. The molecule has 2 aromatic carbocycles. The van der Waals surface area contributed by atoms with Gasteiger partial charge in [-0.25, -0.2) is 0 Å². The standard InChI is InChI=1S/C30H32N4O8/c1-33(2)25-18-11-14-10-17-16(13-4-6-15(7-5-13)32-20(36)12-34(3)42)8-9-19(35)22(17)26(37)21(14)27(38)23(18)28(39)24(29(25)40)30(31)41/h4-9,14,18,23,25,35,37,40,42H,10-12H2,1-3H3,(H2,31,41)(H,32,36)/t14?,18?,23?,25-/m1/s1. The van der Waals surface area contributed by atoms with Crippen LogP contribution in [-0.4, -0.2) is 87.6 Å². The van der Waals surface area contributed by atoms with Crippen LogP contribution in [0.1, 0.15) is 17.5 Å². The Morgan fingerprint density at radius 2 is 1.67 bits per heavy atom. The Morgan fingerprint density at radius 3 is 2.26 bits per heavy atom. The molecule has 7 N–H and O–H groups in total. The third-order valence-corrected chi connectivity index (χ3v) is 8.30. The minimum absolute atomic E-state index is 0.0131. The van der Waals surface area contributed by atoms with Crippen LogP contribution in [-0.2, 0) is 25.6 Å². The summed E-state index contributed by atoms with van der Waals surface area (Å²) in [4.78, 5) is 52.9. The molecule has 4 atom stereocenters. The first-order valence-electron chi connectivity index (χ1n) is 13.4. The number of nitrogens with zero attached hydrogens (tertiary/aromatic N) is 2. The monoisotopic (exact) mass is 576 g/mol. The Kier molecular flexibility index (Phi) is 7.39. The van der Waals surface area contributed by atoms with E-state index in [1.165, 1.54) is 13.1 Å². The molecule has 2 amide bonds. The largest absolute Gasteiger partial charge is 0.510 e. The number of carbonyl (C=O) groups is 4. The Balaban J connectivity index is 1.56. The van der Waals surface area contributed by atoms with Crippen molar-refractivity contribution in [3.63, 3.8) is 0 Å². The average Bonchev–Trinajstić information content (AvgIpc) is 2.88. The molecule has 3 unspecified atom stereocenters. The van der Waals surface area contributed by atoms with E-state index in [9.17, 15) is 39.7 Å². The van der Waals surface area contributed by atoms with Gasteiger partial charge in [0, 0.05) is 18.3 Å². The van der Waals surface area contributed by atoms with Gasteiger partial charge in [-0.15, -0.1) is 0 Å². The fourth-order valence-corrected chi connectivity index (χ4v) is 6.68. The Bertz CT molecular complexity index is 1570. The predicted octanol–water partition coefficient (Wildman–Crippen LogP) is 1.78. The summed E-state index contributed by atoms with van der Waals surface area (Å²) in [5, 5.41) is 45.8. The molecule has 0 radical (unpaired) electrons. The molecule has 0 aliphatic heterocycles. The zero-order valence-corrected chi connectivity index (χ0v) is 23.3. The topological polar surface area (TPSA) is 194 Å². The Morgan fingerprint density at radius 1 is 1.00 bits per heavy atom. The number of aliphatic hydroxyl groups is 2. The number of hydrogen-bond acceptors (Lipinski definition) is 10. The minimum atomic E-state index is -1.32. The van der Waals surface area contributed by atoms with Gasteiger partial charge in [0.1, 0.15) is 29.4 Å². The van der Waals surface area contributed by atoms with E-state index < -0.39 is 64.3 Å². The van der Waals surface area contributed by atoms with Crippen LogP contribution < -0.4 is 11.1 Å². The fourth-order valence-electron chi connectivity index (χ4n) is 6.68. The second-order valence-electron chi connectivity index (χ2n) is 11.2. The summed E-state index contributed by atoms with van der Waals surface area (Å²) in [6.07, 6.45) is 0.509. The van der Waals surface area contributed by atoms with Gasteiger partial charge in [0.15, 0.2) is 11.6 Å². The number of allylic oxidation sites excluding steroid dienone is 1. The lowest BCUT2D eigenvalue weighted by molar-refractivity contribution is -0.137. The Labute approximate surface area is 241 Å². The molecule has 5 rings (SSSR count). The molecule has 0 aromatic heterocycles. The molecule has 0 saturated heterocycles. The molecule has 3 aliphatic carbocycles. The summed E-state index contributed by atoms with van der Waals surface area (Å²) >= 11 is 0. The van der Waals surface area contributed by atoms with E-state index in [-0.39, 0.29) is 36.3 Å². The van der Waals surface area contributed by atoms with Crippen molar-refractivity contribution in [1.82, 2.24) is 9.96 Å². The third-order valence-electron chi connectivity index (χ3n) is 8.30. The predicted molar refractivity (Wildman–Crippen MR) is 151 cm³/mol. The van der Waals surface area contributed by atoms with E-state index in [2.05, 4.69) is 5.32 Å². The van der Waals surface area contributed by atoms with Crippen molar-refractivity contribution in [2.75, 3.05) is 33.0 Å². The highest BCUT2D eigenvalue weighted by Crippen LogP contribution is 2.51. The van der Waals surface area contributed by atoms with Crippen molar-refractivity contribution < 1.29 is 39.7 Å². The zero-order valence-electron chi connectivity index (χ0n) is 23.3. The first kappa shape index (κ1) is 29.0. The van der Waals surface area contributed by atoms with Crippen LogP contribution in [0.15, 0.2) is 53.3 Å². The van der Waals surface area contributed by atoms with E-state index >= 15 is 0 Å². The summed E-state index contributed by atoms with van der Waals surface area (Å²) in [5.74, 6) is -6.69. The number of amides is 2. The minimum Gasteiger partial charge on any atom is -0.510 e. The van der Waals surface area contributed by atoms with Crippen molar-refractivity contribution in [2.45, 2.75) is 18.9 Å². The number of likely N-dealkylation sites (N-methyl/N-ethyl adjacent to an activating group) is 2. The molecular weight excluding hydrogens is 544 g/mol. The lowest BCUT2D eigenvalue weighted by atomic mass is 9.59. The second kappa shape index (κ2) is 10.7. The molecular formula is C30H32N4O8. The number of phenolic OH excluding ortho intramolecular Hbond substituents is 1. The van der Waals surface area contributed by atoms with E-state index in [0.717, 1.165) is 10.6 Å². The number of ketones is 2. The Hall–Kier alpha value is -4.52. The molecule has 0 heterocycles. The van der Waals surface area contributed by atoms with Gasteiger partial charge in [-0.2, -0.15) is 5.06 Å². The zero-order chi connectivity index (χ0) is 30.6. The van der Waals surface area contributed by atoms with Gasteiger partial charge in [0.2, 0.25) is 5.91 Å². The van der Waals surface area contributed by atoms with Gasteiger partial charge in [-0.05, 0) is 73.7 Å². The smallest absolute Gasteiger partial charge is 0.255 e. The molecule has 3 aliphatic rings. The lowest BCUT2D eigenvalue weighted by Crippen LogP contribution is -2.55. The molecule has 1 saturated carbocycles. The van der Waals surface area contributed by atoms with Crippen molar-refractivity contribution in [3.8, 4) is 16.9 Å². The van der Waals surface area contributed by atoms with Crippen LogP contribution in [0, 0.1) is 17.8 Å². The molecule has 220 valence electrons. The molecule has 12 nitrogen and oxygen atoms in total. The maximum absolute atomic E-state index is 13.9. The van der Waals surface area contributed by atoms with Gasteiger partial charge in [-0.1, -0.05) is 18.2 Å². The number of nitrogens with one attached hydrogen (secondary N) is 1. The van der Waals surface area contributed by atoms with E-state index in [1.807, 2.05) is 0 Å². The molecule has 0 bridgehead atoms. The van der Waals surface area contributed by atoms with E-state index in [0.29, 0.717) is 16.8 Å². The van der Waals surface area contributed by atoms with Gasteiger partial charge >= 0.3 is 0 Å². The molecule has 42 heavy (non-hydrogen) atoms. The van der Waals surface area contributed by atoms with Gasteiger partial charge in [0.05, 0.1) is 17.5 Å². The van der Waals surface area contributed by atoms with Gasteiger partial charge < -0.3 is 31.6 Å². The van der Waals surface area contributed by atoms with Crippen molar-refractivity contribution >= 4 is 34.8 Å². The molecule has 0 spiro atoms. The summed E-state index contributed by atoms with van der Waals surface area (Å²) in [5.41, 5.74) is 7.44. The first-order valence-corrected chi connectivity index (χ1v) is 13.4. The SMILES string of the molecule is CN(O)CC(=O)Nc1ccc(-c2ccc(O)c3c2CC2CC4C(C(=O)C(C(N)=O)=C(O)[C@@H]4N(C)C)C(=O)C2=C3O)cc1. The number of fused-ring (bicyclic) bond motifs is 3. The van der Waals surface area contributed by atoms with E-state index in [4.69, 9.17) is 5.73 Å². The summed E-state index contributed by atoms with van der Waals surface area (Å²) in [7, 11) is 4.69. The number of primary amides is 1. The van der Waals surface area contributed by atoms with Crippen LogP contribution in [0.3, 0.4) is 0 Å². The number of hydroxylamine groups is 2. The van der Waals surface area contributed by atoms with Crippen LogP contribution in [0.4, 0.5) is 5.69 Å². The summed E-state index contributed by atoms with van der Waals surface area (Å²) < 4.78 is 0. The van der Waals surface area contributed by atoms with Gasteiger partial charge in [0.25, 0.3) is 5.91 Å². The van der Waals surface area contributed by atoms with Crippen molar-refractivity contribution in [2.24, 2.45) is 23.5 Å². The number of aromatic hydroxyl groups is 1. The number of anilines is 1. The maximum atomic E-state index is 13.9. The lowest BCUT2D eigenvalue weighted by Gasteiger charge is -2.46. The molecule has 2 aromatic rings. The second-order valence-corrected chi connectivity index (χ2v) is 11.2. The number of carbonyl (C=O) groups excluding carboxylic acids is 4. The number of Topliss-reactive ketones (excluding diaryl/α,β-unsaturated/α-hetero) is 2. The summed E-state index contributed by atoms with van der Waals surface area (Å²) in [6, 6.07) is 9.19. The number of nitrogens with two attached hydrogens (primary N) is 1. The van der Waals surface area contributed by atoms with Crippen LogP contribution in [0.2, 0.25) is 0 Å². The highest BCUT2D eigenvalue weighted by atomic mass is 16.5. The molecule has 1 fully saturated rings. The fraction of sp³-hybridized carbons (Fsp3) is 0.333. The number of hydrogen-bond donors (Lipinski definition) is 6. The number of phenols is 1. The first-order chi connectivity index (χ1) is 19.8. The molecule has 12 heteroatoms. The van der Waals surface area contributed by atoms with Crippen molar-refractivity contribution in [1.29, 1.82) is 0 Å². The third kappa shape index (κ3) is 4.73. The van der Waals surface area contributed by atoms with Gasteiger partial charge in [-0.3, -0.25) is 24.1 Å². The maximum Gasteiger partial charge on any atom is 0.255 e. The normalized spacial score (nSPS) is 23.6. The van der Waals surface area contributed by atoms with Crippen LogP contribution >= 0.6 is 0 Å². The van der Waals surface area contributed by atoms with Crippen LogP contribution in [0.5, 0.6) is 5.75 Å². The number of rotatable bonds is 6. The summed E-state index contributed by atoms with van der Waals surface area (Å²) in [6.45, 7) is -0.208. The van der Waals surface area contributed by atoms with E-state index in [1.54, 1.807) is 49.3 Å². The average molecular weight is 577 g/mol. The van der Waals surface area contributed by atoms with Crippen molar-refractivity contribution in [3.05, 3.63) is 64.4 Å².